The monoisotopic (exact) mass is 274 g/mol. The van der Waals surface area contributed by atoms with Crippen LogP contribution >= 0.6 is 0 Å². The number of anilines is 1. The van der Waals surface area contributed by atoms with Crippen molar-refractivity contribution in [3.05, 3.63) is 42.0 Å². The summed E-state index contributed by atoms with van der Waals surface area (Å²) in [5.41, 5.74) is 1.13. The summed E-state index contributed by atoms with van der Waals surface area (Å²) in [7, 11) is 1.61. The zero-order valence-electron chi connectivity index (χ0n) is 11.7. The molecule has 0 aliphatic carbocycles. The van der Waals surface area contributed by atoms with E-state index in [1.54, 1.807) is 25.6 Å². The minimum absolute atomic E-state index is 0.352. The lowest BCUT2D eigenvalue weighted by Gasteiger charge is -2.10. The number of nitrogens with one attached hydrogen (secondary N) is 1. The quantitative estimate of drug-likeness (QED) is 0.833. The molecule has 1 N–H and O–H groups in total. The second kappa shape index (κ2) is 7.40. The molecule has 0 fully saturated rings. The first kappa shape index (κ1) is 14.2. The van der Waals surface area contributed by atoms with Gasteiger partial charge >= 0.3 is 0 Å². The van der Waals surface area contributed by atoms with E-state index in [2.05, 4.69) is 20.3 Å². The first-order chi connectivity index (χ1) is 9.81. The summed E-state index contributed by atoms with van der Waals surface area (Å²) in [6.07, 6.45) is 3.53. The van der Waals surface area contributed by atoms with Gasteiger partial charge in [-0.15, -0.1) is 0 Å². The largest absolute Gasteiger partial charge is 0.478 e. The van der Waals surface area contributed by atoms with E-state index in [-0.39, 0.29) is 0 Å². The molecule has 0 amide bonds. The molecule has 6 heteroatoms. The maximum atomic E-state index is 5.43. The van der Waals surface area contributed by atoms with Crippen molar-refractivity contribution in [3.8, 4) is 5.88 Å². The Morgan fingerprint density at radius 3 is 2.70 bits per heavy atom. The van der Waals surface area contributed by atoms with E-state index in [0.717, 1.165) is 5.56 Å². The van der Waals surface area contributed by atoms with E-state index in [1.807, 2.05) is 19.1 Å². The van der Waals surface area contributed by atoms with Crippen LogP contribution in [0, 0.1) is 0 Å². The highest BCUT2D eigenvalue weighted by Crippen LogP contribution is 2.15. The van der Waals surface area contributed by atoms with Gasteiger partial charge in [-0.25, -0.2) is 4.98 Å². The fourth-order valence-electron chi connectivity index (χ4n) is 1.67. The smallest absolute Gasteiger partial charge is 0.218 e. The van der Waals surface area contributed by atoms with Gasteiger partial charge in [0.2, 0.25) is 5.88 Å². The van der Waals surface area contributed by atoms with Crippen LogP contribution in [0.4, 0.5) is 5.82 Å². The summed E-state index contributed by atoms with van der Waals surface area (Å²) in [6, 6.07) is 5.69. The molecule has 106 valence electrons. The molecule has 0 atom stereocenters. The second-order valence-corrected chi connectivity index (χ2v) is 4.08. The lowest BCUT2D eigenvalue weighted by atomic mass is 10.3. The zero-order valence-corrected chi connectivity index (χ0v) is 11.7. The van der Waals surface area contributed by atoms with E-state index in [4.69, 9.17) is 9.47 Å². The Bertz CT molecular complexity index is 510. The van der Waals surface area contributed by atoms with Crippen LogP contribution in [0.2, 0.25) is 0 Å². The Kier molecular flexibility index (Phi) is 5.25. The number of nitrogens with zero attached hydrogens (tertiary/aromatic N) is 3. The first-order valence-corrected chi connectivity index (χ1v) is 6.44. The molecule has 0 unspecified atom stereocenters. The average molecular weight is 274 g/mol. The summed E-state index contributed by atoms with van der Waals surface area (Å²) in [6.45, 7) is 3.50. The van der Waals surface area contributed by atoms with Crippen LogP contribution in [-0.2, 0) is 17.9 Å². The van der Waals surface area contributed by atoms with Crippen LogP contribution in [0.5, 0.6) is 5.88 Å². The first-order valence-electron chi connectivity index (χ1n) is 6.44. The predicted octanol–water partition coefficient (Wildman–Crippen LogP) is 2.03. The maximum Gasteiger partial charge on any atom is 0.218 e. The van der Waals surface area contributed by atoms with Gasteiger partial charge in [0.1, 0.15) is 12.4 Å². The number of hydrogen-bond donors (Lipinski definition) is 1. The van der Waals surface area contributed by atoms with Crippen molar-refractivity contribution < 1.29 is 9.47 Å². The highest BCUT2D eigenvalue weighted by atomic mass is 16.5. The van der Waals surface area contributed by atoms with Crippen LogP contribution in [-0.4, -0.2) is 28.7 Å². The summed E-state index contributed by atoms with van der Waals surface area (Å²) in [5.74, 6) is 1.86. The van der Waals surface area contributed by atoms with Crippen molar-refractivity contribution in [2.75, 3.05) is 19.0 Å². The molecule has 6 nitrogen and oxygen atoms in total. The molecule has 2 aromatic rings. The molecule has 0 radical (unpaired) electrons. The number of methoxy groups -OCH3 is 1. The summed E-state index contributed by atoms with van der Waals surface area (Å²) in [4.78, 5) is 12.6. The number of ether oxygens (including phenoxy) is 2. The van der Waals surface area contributed by atoms with Gasteiger partial charge in [0.25, 0.3) is 0 Å². The SMILES string of the molecule is CCOc1cc(NCc2ccncc2)nc(COC)n1. The highest BCUT2D eigenvalue weighted by molar-refractivity contribution is 5.39. The lowest BCUT2D eigenvalue weighted by Crippen LogP contribution is -2.07. The third kappa shape index (κ3) is 4.17. The number of pyridine rings is 1. The number of aromatic nitrogens is 3. The third-order valence-corrected chi connectivity index (χ3v) is 2.54. The molecular formula is C14H18N4O2. The molecule has 20 heavy (non-hydrogen) atoms. The average Bonchev–Trinajstić information content (AvgIpc) is 2.47. The number of hydrogen-bond acceptors (Lipinski definition) is 6. The van der Waals surface area contributed by atoms with Crippen molar-refractivity contribution in [3.63, 3.8) is 0 Å². The van der Waals surface area contributed by atoms with E-state index < -0.39 is 0 Å². The summed E-state index contributed by atoms with van der Waals surface area (Å²) >= 11 is 0. The molecule has 0 aromatic carbocycles. The van der Waals surface area contributed by atoms with E-state index in [0.29, 0.717) is 37.3 Å². The van der Waals surface area contributed by atoms with Gasteiger partial charge in [-0.3, -0.25) is 4.98 Å². The van der Waals surface area contributed by atoms with Crippen LogP contribution in [0.1, 0.15) is 18.3 Å². The van der Waals surface area contributed by atoms with Crippen molar-refractivity contribution in [1.82, 2.24) is 15.0 Å². The van der Waals surface area contributed by atoms with Crippen molar-refractivity contribution in [2.24, 2.45) is 0 Å². The Balaban J connectivity index is 2.09. The van der Waals surface area contributed by atoms with E-state index in [9.17, 15) is 0 Å². The van der Waals surface area contributed by atoms with Gasteiger partial charge in [0.15, 0.2) is 5.82 Å². The van der Waals surface area contributed by atoms with Gasteiger partial charge in [-0.1, -0.05) is 0 Å². The van der Waals surface area contributed by atoms with Crippen molar-refractivity contribution >= 4 is 5.82 Å². The lowest BCUT2D eigenvalue weighted by molar-refractivity contribution is 0.176. The molecule has 0 bridgehead atoms. The molecule has 2 aromatic heterocycles. The minimum atomic E-state index is 0.352. The Labute approximate surface area is 118 Å². The van der Waals surface area contributed by atoms with Crippen molar-refractivity contribution in [2.45, 2.75) is 20.1 Å². The topological polar surface area (TPSA) is 69.2 Å². The molecule has 0 aliphatic rings. The van der Waals surface area contributed by atoms with Crippen molar-refractivity contribution in [1.29, 1.82) is 0 Å². The van der Waals surface area contributed by atoms with Crippen LogP contribution < -0.4 is 10.1 Å². The fraction of sp³-hybridized carbons (Fsp3) is 0.357. The molecular weight excluding hydrogens is 256 g/mol. The third-order valence-electron chi connectivity index (χ3n) is 2.54. The predicted molar refractivity (Wildman–Crippen MR) is 75.5 cm³/mol. The molecule has 0 aliphatic heterocycles. The van der Waals surface area contributed by atoms with Gasteiger partial charge in [0, 0.05) is 32.1 Å². The van der Waals surface area contributed by atoms with Crippen LogP contribution in [0.15, 0.2) is 30.6 Å². The normalized spacial score (nSPS) is 10.3. The molecule has 0 spiro atoms. The van der Waals surface area contributed by atoms with Crippen LogP contribution in [0.3, 0.4) is 0 Å². The molecule has 0 saturated carbocycles. The standard InChI is InChI=1S/C14H18N4O2/c1-3-20-14-8-12(17-13(18-14)10-19-2)16-9-11-4-6-15-7-5-11/h4-8H,3,9-10H2,1-2H3,(H,16,17,18). The number of rotatable bonds is 7. The summed E-state index contributed by atoms with van der Waals surface area (Å²) in [5, 5.41) is 3.24. The molecule has 2 heterocycles. The Hall–Kier alpha value is -2.21. The van der Waals surface area contributed by atoms with E-state index in [1.165, 1.54) is 0 Å². The minimum Gasteiger partial charge on any atom is -0.478 e. The Morgan fingerprint density at radius 2 is 2.00 bits per heavy atom. The van der Waals surface area contributed by atoms with Gasteiger partial charge < -0.3 is 14.8 Å². The maximum absolute atomic E-state index is 5.43. The van der Waals surface area contributed by atoms with Gasteiger partial charge in [-0.05, 0) is 24.6 Å². The van der Waals surface area contributed by atoms with Crippen LogP contribution in [0.25, 0.3) is 0 Å². The second-order valence-electron chi connectivity index (χ2n) is 4.08. The molecule has 0 saturated heterocycles. The summed E-state index contributed by atoms with van der Waals surface area (Å²) < 4.78 is 10.5. The zero-order chi connectivity index (χ0) is 14.2. The van der Waals surface area contributed by atoms with Gasteiger partial charge in [0.05, 0.1) is 6.61 Å². The Morgan fingerprint density at radius 1 is 1.20 bits per heavy atom. The van der Waals surface area contributed by atoms with E-state index >= 15 is 0 Å². The fourth-order valence-corrected chi connectivity index (χ4v) is 1.67. The highest BCUT2D eigenvalue weighted by Gasteiger charge is 2.05. The van der Waals surface area contributed by atoms with Gasteiger partial charge in [-0.2, -0.15) is 4.98 Å². The molecule has 2 rings (SSSR count).